The molecule has 0 aliphatic rings. The summed E-state index contributed by atoms with van der Waals surface area (Å²) in [6.45, 7) is 4.15. The Morgan fingerprint density at radius 3 is 2.50 bits per heavy atom. The zero-order chi connectivity index (χ0) is 9.23. The smallest absolute Gasteiger partial charge is 0.122 e. The van der Waals surface area contributed by atoms with E-state index >= 15 is 0 Å². The summed E-state index contributed by atoms with van der Waals surface area (Å²) in [7, 11) is 0. The lowest BCUT2D eigenvalue weighted by Crippen LogP contribution is -1.93. The highest BCUT2D eigenvalue weighted by Gasteiger charge is 1.96. The normalized spacial score (nSPS) is 13.5. The van der Waals surface area contributed by atoms with Crippen molar-refractivity contribution in [3.8, 4) is 0 Å². The molecule has 0 N–H and O–H groups in total. The SMILES string of the molecule is CCC/C=C/CCCC(C)C=O. The van der Waals surface area contributed by atoms with E-state index in [9.17, 15) is 4.79 Å². The summed E-state index contributed by atoms with van der Waals surface area (Å²) in [5, 5.41) is 0. The second-order valence-corrected chi connectivity index (χ2v) is 3.30. The van der Waals surface area contributed by atoms with Crippen molar-refractivity contribution < 1.29 is 4.79 Å². The van der Waals surface area contributed by atoms with Crippen LogP contribution in [0.1, 0.15) is 46.0 Å². The standard InChI is InChI=1S/C11H20O/c1-3-4-5-6-7-8-9-11(2)10-12/h5-6,10-11H,3-4,7-9H2,1-2H3/b6-5+. The number of allylic oxidation sites excluding steroid dienone is 2. The van der Waals surface area contributed by atoms with Crippen LogP contribution in [0.25, 0.3) is 0 Å². The molecule has 0 saturated carbocycles. The van der Waals surface area contributed by atoms with Crippen molar-refractivity contribution >= 4 is 6.29 Å². The molecule has 1 nitrogen and oxygen atoms in total. The van der Waals surface area contributed by atoms with E-state index in [0.29, 0.717) is 0 Å². The van der Waals surface area contributed by atoms with Gasteiger partial charge < -0.3 is 4.79 Å². The number of hydrogen-bond acceptors (Lipinski definition) is 1. The van der Waals surface area contributed by atoms with Gasteiger partial charge in [0.05, 0.1) is 0 Å². The lowest BCUT2D eigenvalue weighted by Gasteiger charge is -1.99. The summed E-state index contributed by atoms with van der Waals surface area (Å²) in [5.41, 5.74) is 0. The van der Waals surface area contributed by atoms with E-state index in [1.165, 1.54) is 12.8 Å². The van der Waals surface area contributed by atoms with Crippen molar-refractivity contribution in [1.82, 2.24) is 0 Å². The molecule has 70 valence electrons. The van der Waals surface area contributed by atoms with E-state index in [1.807, 2.05) is 6.92 Å². The van der Waals surface area contributed by atoms with Crippen molar-refractivity contribution in [1.29, 1.82) is 0 Å². The van der Waals surface area contributed by atoms with Gasteiger partial charge in [-0.25, -0.2) is 0 Å². The van der Waals surface area contributed by atoms with Gasteiger partial charge in [-0.2, -0.15) is 0 Å². The van der Waals surface area contributed by atoms with E-state index in [1.54, 1.807) is 0 Å². The third-order valence-electron chi connectivity index (χ3n) is 1.88. The van der Waals surface area contributed by atoms with E-state index < -0.39 is 0 Å². The molecule has 0 rings (SSSR count). The first kappa shape index (κ1) is 11.4. The zero-order valence-electron chi connectivity index (χ0n) is 8.25. The van der Waals surface area contributed by atoms with Crippen LogP contribution in [0.5, 0.6) is 0 Å². The largest absolute Gasteiger partial charge is 0.303 e. The molecular weight excluding hydrogens is 148 g/mol. The summed E-state index contributed by atoms with van der Waals surface area (Å²) in [6, 6.07) is 0. The summed E-state index contributed by atoms with van der Waals surface area (Å²) < 4.78 is 0. The Kier molecular flexibility index (Phi) is 8.09. The molecule has 0 aromatic heterocycles. The zero-order valence-corrected chi connectivity index (χ0v) is 8.25. The molecule has 1 atom stereocenters. The summed E-state index contributed by atoms with van der Waals surface area (Å²) in [6.07, 6.45) is 11.2. The number of unbranched alkanes of at least 4 members (excludes halogenated alkanes) is 2. The Morgan fingerprint density at radius 2 is 1.92 bits per heavy atom. The first-order valence-electron chi connectivity index (χ1n) is 4.91. The van der Waals surface area contributed by atoms with Crippen molar-refractivity contribution in [3.05, 3.63) is 12.2 Å². The van der Waals surface area contributed by atoms with Crippen molar-refractivity contribution in [2.75, 3.05) is 0 Å². The monoisotopic (exact) mass is 168 g/mol. The topological polar surface area (TPSA) is 17.1 Å². The number of carbonyl (C=O) groups is 1. The Bertz CT molecular complexity index is 127. The van der Waals surface area contributed by atoms with Crippen molar-refractivity contribution in [2.24, 2.45) is 5.92 Å². The van der Waals surface area contributed by atoms with Crippen LogP contribution < -0.4 is 0 Å². The quantitative estimate of drug-likeness (QED) is 0.324. The fourth-order valence-electron chi connectivity index (χ4n) is 1.03. The Balaban J connectivity index is 3.14. The predicted octanol–water partition coefficient (Wildman–Crippen LogP) is 3.35. The van der Waals surface area contributed by atoms with Crippen LogP contribution in [0.3, 0.4) is 0 Å². The molecule has 0 aromatic carbocycles. The average Bonchev–Trinajstić information content (AvgIpc) is 2.10. The molecule has 1 unspecified atom stereocenters. The molecule has 0 radical (unpaired) electrons. The molecule has 12 heavy (non-hydrogen) atoms. The highest BCUT2D eigenvalue weighted by molar-refractivity contribution is 5.52. The van der Waals surface area contributed by atoms with E-state index in [2.05, 4.69) is 19.1 Å². The highest BCUT2D eigenvalue weighted by Crippen LogP contribution is 2.05. The molecular formula is C11H20O. The van der Waals surface area contributed by atoms with Gasteiger partial charge in [0.15, 0.2) is 0 Å². The lowest BCUT2D eigenvalue weighted by molar-refractivity contribution is -0.110. The van der Waals surface area contributed by atoms with Crippen LogP contribution in [-0.4, -0.2) is 6.29 Å². The van der Waals surface area contributed by atoms with Gasteiger partial charge in [0.1, 0.15) is 6.29 Å². The Morgan fingerprint density at radius 1 is 1.25 bits per heavy atom. The number of aldehydes is 1. The van der Waals surface area contributed by atoms with Gasteiger partial charge in [-0.1, -0.05) is 32.4 Å². The molecule has 0 amide bonds. The van der Waals surface area contributed by atoms with Gasteiger partial charge in [0.2, 0.25) is 0 Å². The average molecular weight is 168 g/mol. The van der Waals surface area contributed by atoms with E-state index in [4.69, 9.17) is 0 Å². The minimum atomic E-state index is 0.240. The fourth-order valence-corrected chi connectivity index (χ4v) is 1.03. The molecule has 0 aliphatic heterocycles. The molecule has 0 heterocycles. The van der Waals surface area contributed by atoms with Crippen LogP contribution in [0, 0.1) is 5.92 Å². The molecule has 0 spiro atoms. The second kappa shape index (κ2) is 8.51. The third-order valence-corrected chi connectivity index (χ3v) is 1.88. The minimum Gasteiger partial charge on any atom is -0.303 e. The molecule has 1 heteroatoms. The predicted molar refractivity (Wildman–Crippen MR) is 53.1 cm³/mol. The van der Waals surface area contributed by atoms with Gasteiger partial charge in [-0.3, -0.25) is 0 Å². The van der Waals surface area contributed by atoms with Crippen molar-refractivity contribution in [3.63, 3.8) is 0 Å². The van der Waals surface area contributed by atoms with E-state index in [-0.39, 0.29) is 5.92 Å². The number of carbonyl (C=O) groups excluding carboxylic acids is 1. The number of hydrogen-bond donors (Lipinski definition) is 0. The van der Waals surface area contributed by atoms with Gasteiger partial charge in [0.25, 0.3) is 0 Å². The van der Waals surface area contributed by atoms with Gasteiger partial charge >= 0.3 is 0 Å². The van der Waals surface area contributed by atoms with Crippen LogP contribution in [-0.2, 0) is 4.79 Å². The van der Waals surface area contributed by atoms with Gasteiger partial charge in [-0.05, 0) is 25.7 Å². The first-order chi connectivity index (χ1) is 5.81. The molecule has 0 fully saturated rings. The second-order valence-electron chi connectivity index (χ2n) is 3.30. The van der Waals surface area contributed by atoms with Gasteiger partial charge in [-0.15, -0.1) is 0 Å². The fraction of sp³-hybridized carbons (Fsp3) is 0.727. The molecule has 0 aliphatic carbocycles. The highest BCUT2D eigenvalue weighted by atomic mass is 16.1. The van der Waals surface area contributed by atoms with Crippen LogP contribution in [0.2, 0.25) is 0 Å². The molecule has 0 saturated heterocycles. The molecule has 0 bridgehead atoms. The molecule has 0 aromatic rings. The Hall–Kier alpha value is -0.590. The maximum Gasteiger partial charge on any atom is 0.122 e. The lowest BCUT2D eigenvalue weighted by atomic mass is 10.1. The minimum absolute atomic E-state index is 0.240. The summed E-state index contributed by atoms with van der Waals surface area (Å²) in [5.74, 6) is 0.240. The Labute approximate surface area is 75.9 Å². The van der Waals surface area contributed by atoms with Crippen molar-refractivity contribution in [2.45, 2.75) is 46.0 Å². The maximum absolute atomic E-state index is 10.3. The van der Waals surface area contributed by atoms with E-state index in [0.717, 1.165) is 25.5 Å². The van der Waals surface area contributed by atoms with Gasteiger partial charge in [0, 0.05) is 5.92 Å². The third kappa shape index (κ3) is 7.52. The van der Waals surface area contributed by atoms with Crippen LogP contribution in [0.4, 0.5) is 0 Å². The van der Waals surface area contributed by atoms with Crippen LogP contribution >= 0.6 is 0 Å². The number of rotatable bonds is 7. The summed E-state index contributed by atoms with van der Waals surface area (Å²) >= 11 is 0. The van der Waals surface area contributed by atoms with Crippen LogP contribution in [0.15, 0.2) is 12.2 Å². The first-order valence-corrected chi connectivity index (χ1v) is 4.91. The summed E-state index contributed by atoms with van der Waals surface area (Å²) in [4.78, 5) is 10.3. The maximum atomic E-state index is 10.3.